The quantitative estimate of drug-likeness (QED) is 0.853. The molecule has 22 heavy (non-hydrogen) atoms. The number of hydrogen-bond acceptors (Lipinski definition) is 2. The van der Waals surface area contributed by atoms with Crippen LogP contribution in [0.25, 0.3) is 0 Å². The number of hydrogen-bond donors (Lipinski definition) is 0. The van der Waals surface area contributed by atoms with E-state index in [4.69, 9.17) is 16.3 Å². The Balaban J connectivity index is 1.59. The van der Waals surface area contributed by atoms with Crippen LogP contribution < -0.4 is 0 Å². The molecule has 3 atom stereocenters. The number of imidazole rings is 1. The summed E-state index contributed by atoms with van der Waals surface area (Å²) in [7, 11) is 0. The van der Waals surface area contributed by atoms with Gasteiger partial charge in [-0.3, -0.25) is 0 Å². The zero-order valence-electron chi connectivity index (χ0n) is 12.8. The van der Waals surface area contributed by atoms with E-state index in [0.29, 0.717) is 11.3 Å². The summed E-state index contributed by atoms with van der Waals surface area (Å²) < 4.78 is 8.42. The molecule has 0 amide bonds. The zero-order chi connectivity index (χ0) is 15.2. The summed E-state index contributed by atoms with van der Waals surface area (Å²) in [5, 5.41) is 0.799. The van der Waals surface area contributed by atoms with Crippen molar-refractivity contribution in [1.82, 2.24) is 9.55 Å². The van der Waals surface area contributed by atoms with Gasteiger partial charge < -0.3 is 9.30 Å². The fourth-order valence-corrected chi connectivity index (χ4v) is 4.44. The van der Waals surface area contributed by atoms with Crippen molar-refractivity contribution >= 4 is 11.6 Å². The molecule has 1 saturated carbocycles. The molecule has 0 radical (unpaired) electrons. The maximum absolute atomic E-state index is 6.25. The van der Waals surface area contributed by atoms with E-state index in [1.165, 1.54) is 18.4 Å². The number of benzene rings is 1. The van der Waals surface area contributed by atoms with Crippen LogP contribution in [0.4, 0.5) is 0 Å². The summed E-state index contributed by atoms with van der Waals surface area (Å²) in [6, 6.07) is 8.24. The molecule has 3 nitrogen and oxygen atoms in total. The van der Waals surface area contributed by atoms with Gasteiger partial charge in [-0.25, -0.2) is 4.98 Å². The van der Waals surface area contributed by atoms with E-state index in [2.05, 4.69) is 28.6 Å². The van der Waals surface area contributed by atoms with Crippen LogP contribution in [0.5, 0.6) is 0 Å². The second kappa shape index (κ2) is 5.10. The molecule has 4 heteroatoms. The maximum atomic E-state index is 6.25. The first-order valence-corrected chi connectivity index (χ1v) is 8.33. The van der Waals surface area contributed by atoms with Gasteiger partial charge in [0.1, 0.15) is 0 Å². The zero-order valence-corrected chi connectivity index (χ0v) is 13.6. The van der Waals surface area contributed by atoms with Gasteiger partial charge in [-0.1, -0.05) is 30.7 Å². The van der Waals surface area contributed by atoms with Gasteiger partial charge in [-0.05, 0) is 42.9 Å². The number of halogens is 1. The van der Waals surface area contributed by atoms with E-state index in [0.717, 1.165) is 24.6 Å². The van der Waals surface area contributed by atoms with Crippen LogP contribution in [0.3, 0.4) is 0 Å². The van der Waals surface area contributed by atoms with Crippen molar-refractivity contribution in [2.24, 2.45) is 11.3 Å². The molecule has 2 heterocycles. The molecule has 2 fully saturated rings. The van der Waals surface area contributed by atoms with Crippen molar-refractivity contribution in [2.75, 3.05) is 6.61 Å². The molecule has 3 unspecified atom stereocenters. The Morgan fingerprint density at radius 3 is 2.82 bits per heavy atom. The first-order valence-electron chi connectivity index (χ1n) is 7.95. The number of nitrogens with zero attached hydrogens (tertiary/aromatic N) is 2. The minimum absolute atomic E-state index is 0.0483. The average molecular weight is 317 g/mol. The van der Waals surface area contributed by atoms with Crippen LogP contribution in [0, 0.1) is 11.3 Å². The van der Waals surface area contributed by atoms with Gasteiger partial charge in [0.05, 0.1) is 25.1 Å². The fraction of sp³-hybridized carbons (Fsp3) is 0.500. The molecular weight excluding hydrogens is 296 g/mol. The molecule has 2 aromatic rings. The lowest BCUT2D eigenvalue weighted by Crippen LogP contribution is -2.63. The highest BCUT2D eigenvalue weighted by Crippen LogP contribution is 2.60. The van der Waals surface area contributed by atoms with E-state index in [9.17, 15) is 0 Å². The molecule has 116 valence electrons. The van der Waals surface area contributed by atoms with Crippen LogP contribution in [0.15, 0.2) is 43.0 Å². The van der Waals surface area contributed by atoms with Gasteiger partial charge in [0.25, 0.3) is 0 Å². The summed E-state index contributed by atoms with van der Waals surface area (Å²) >= 11 is 6.00. The normalized spacial score (nSPS) is 33.5. The van der Waals surface area contributed by atoms with Crippen molar-refractivity contribution in [3.05, 3.63) is 53.6 Å². The molecule has 2 aliphatic rings. The Morgan fingerprint density at radius 1 is 1.36 bits per heavy atom. The predicted octanol–water partition coefficient (Wildman–Crippen LogP) is 3.96. The highest BCUT2D eigenvalue weighted by atomic mass is 35.5. The molecule has 1 aliphatic heterocycles. The Hall–Kier alpha value is -1.32. The number of aromatic nitrogens is 2. The van der Waals surface area contributed by atoms with Gasteiger partial charge in [0.2, 0.25) is 0 Å². The largest absolute Gasteiger partial charge is 0.371 e. The molecule has 1 saturated heterocycles. The minimum atomic E-state index is -0.0483. The molecule has 1 aliphatic carbocycles. The third-order valence-electron chi connectivity index (χ3n) is 5.75. The van der Waals surface area contributed by atoms with E-state index in [-0.39, 0.29) is 5.60 Å². The van der Waals surface area contributed by atoms with E-state index < -0.39 is 0 Å². The Labute approximate surface area is 136 Å². The number of fused-ring (bicyclic) bond motifs is 1. The van der Waals surface area contributed by atoms with Gasteiger partial charge in [-0.2, -0.15) is 0 Å². The van der Waals surface area contributed by atoms with E-state index in [1.54, 1.807) is 0 Å². The van der Waals surface area contributed by atoms with Gasteiger partial charge in [-0.15, -0.1) is 0 Å². The lowest BCUT2D eigenvalue weighted by atomic mass is 9.67. The van der Waals surface area contributed by atoms with Gasteiger partial charge in [0, 0.05) is 22.8 Å². The molecule has 0 N–H and O–H groups in total. The van der Waals surface area contributed by atoms with Crippen LogP contribution in [0.2, 0.25) is 5.02 Å². The predicted molar refractivity (Wildman–Crippen MR) is 86.9 cm³/mol. The minimum Gasteiger partial charge on any atom is -0.371 e. The summed E-state index contributed by atoms with van der Waals surface area (Å²) in [4.78, 5) is 4.18. The smallest absolute Gasteiger partial charge is 0.0967 e. The molecule has 4 rings (SSSR count). The van der Waals surface area contributed by atoms with Crippen molar-refractivity contribution in [3.8, 4) is 0 Å². The van der Waals surface area contributed by atoms with Gasteiger partial charge in [0.15, 0.2) is 0 Å². The van der Waals surface area contributed by atoms with E-state index in [1.807, 2.05) is 30.9 Å². The standard InChI is InChI=1S/C18H21ClN2O/c1-17-7-6-15(10-14-2-4-16(19)5-3-14)18(17,22-12-17)11-21-9-8-20-13-21/h2-5,8-9,13,15H,6-7,10-12H2,1H3. The second-order valence-corrected chi connectivity index (χ2v) is 7.48. The summed E-state index contributed by atoms with van der Waals surface area (Å²) in [5.74, 6) is 0.551. The van der Waals surface area contributed by atoms with E-state index >= 15 is 0 Å². The van der Waals surface area contributed by atoms with Crippen molar-refractivity contribution < 1.29 is 4.74 Å². The number of rotatable bonds is 4. The van der Waals surface area contributed by atoms with Crippen LogP contribution in [0.1, 0.15) is 25.3 Å². The third kappa shape index (κ3) is 2.10. The highest BCUT2D eigenvalue weighted by Gasteiger charge is 2.65. The average Bonchev–Trinajstić information content (AvgIpc) is 3.07. The second-order valence-electron chi connectivity index (χ2n) is 7.04. The molecule has 0 spiro atoms. The summed E-state index contributed by atoms with van der Waals surface area (Å²) in [6.07, 6.45) is 9.31. The maximum Gasteiger partial charge on any atom is 0.0967 e. The van der Waals surface area contributed by atoms with Crippen LogP contribution in [-0.4, -0.2) is 21.8 Å². The first-order chi connectivity index (χ1) is 10.6. The van der Waals surface area contributed by atoms with Crippen LogP contribution >= 0.6 is 11.6 Å². The van der Waals surface area contributed by atoms with Crippen molar-refractivity contribution in [2.45, 2.75) is 38.3 Å². The third-order valence-corrected chi connectivity index (χ3v) is 6.00. The lowest BCUT2D eigenvalue weighted by Gasteiger charge is -2.56. The molecule has 1 aromatic carbocycles. The molecular formula is C18H21ClN2O. The lowest BCUT2D eigenvalue weighted by molar-refractivity contribution is -0.267. The number of ether oxygens (including phenoxy) is 1. The Bertz CT molecular complexity index is 654. The monoisotopic (exact) mass is 316 g/mol. The first kappa shape index (κ1) is 14.3. The van der Waals surface area contributed by atoms with Crippen molar-refractivity contribution in [3.63, 3.8) is 0 Å². The summed E-state index contributed by atoms with van der Waals surface area (Å²) in [6.45, 7) is 4.18. The molecule has 0 bridgehead atoms. The highest BCUT2D eigenvalue weighted by molar-refractivity contribution is 6.30. The van der Waals surface area contributed by atoms with Crippen LogP contribution in [-0.2, 0) is 17.7 Å². The SMILES string of the molecule is CC12CCC(Cc3ccc(Cl)cc3)C1(Cn1ccnc1)OC2. The Morgan fingerprint density at radius 2 is 2.18 bits per heavy atom. The fourth-order valence-electron chi connectivity index (χ4n) is 4.31. The van der Waals surface area contributed by atoms with Crippen molar-refractivity contribution in [1.29, 1.82) is 0 Å². The van der Waals surface area contributed by atoms with Gasteiger partial charge >= 0.3 is 0 Å². The topological polar surface area (TPSA) is 27.1 Å². The molecule has 1 aromatic heterocycles. The summed E-state index contributed by atoms with van der Waals surface area (Å²) in [5.41, 5.74) is 1.60. The Kier molecular flexibility index (Phi) is 3.31.